The number of nitrogens with one attached hydrogen (secondary N) is 3. The maximum atomic E-state index is 14.3. The molecule has 0 aliphatic carbocycles. The van der Waals surface area contributed by atoms with Crippen LogP contribution >= 0.6 is 23.1 Å². The molecule has 2 heterocycles. The Morgan fingerprint density at radius 3 is 2.26 bits per heavy atom. The largest absolute Gasteiger partial charge is 0.465 e. The van der Waals surface area contributed by atoms with Gasteiger partial charge in [0.2, 0.25) is 5.91 Å². The van der Waals surface area contributed by atoms with Crippen LogP contribution in [0.4, 0.5) is 15.5 Å². The van der Waals surface area contributed by atoms with E-state index in [2.05, 4.69) is 16.0 Å². The first-order valence-electron chi connectivity index (χ1n) is 18.6. The van der Waals surface area contributed by atoms with Gasteiger partial charge in [-0.1, -0.05) is 84.4 Å². The van der Waals surface area contributed by atoms with Crippen molar-refractivity contribution in [3.8, 4) is 0 Å². The number of thioether (sulfide) groups is 1. The summed E-state index contributed by atoms with van der Waals surface area (Å²) >= 11 is 2.50. The van der Waals surface area contributed by atoms with Crippen LogP contribution in [0, 0.1) is 6.92 Å². The van der Waals surface area contributed by atoms with Crippen molar-refractivity contribution in [3.63, 3.8) is 0 Å². The minimum Gasteiger partial charge on any atom is -0.465 e. The number of hydrogen-bond acceptors (Lipinski definition) is 9. The molecule has 0 saturated heterocycles. The van der Waals surface area contributed by atoms with Gasteiger partial charge in [-0.3, -0.25) is 14.4 Å². The topological polar surface area (TPSA) is 143 Å². The Bertz CT molecular complexity index is 2350. The van der Waals surface area contributed by atoms with Crippen molar-refractivity contribution in [2.75, 3.05) is 24.3 Å². The van der Waals surface area contributed by atoms with E-state index in [-0.39, 0.29) is 23.7 Å². The lowest BCUT2D eigenvalue weighted by Crippen LogP contribution is -2.39. The molecule has 3 N–H and O–H groups in total. The zero-order chi connectivity index (χ0) is 41.4. The van der Waals surface area contributed by atoms with Gasteiger partial charge in [-0.05, 0) is 87.2 Å². The summed E-state index contributed by atoms with van der Waals surface area (Å²) in [5, 5.41) is 8.25. The van der Waals surface area contributed by atoms with E-state index >= 15 is 0 Å². The lowest BCUT2D eigenvalue weighted by molar-refractivity contribution is -0.116. The molecule has 13 heteroatoms. The molecule has 4 amide bonds. The molecule has 0 bridgehead atoms. The number of benzene rings is 4. The molecule has 58 heavy (non-hydrogen) atoms. The Morgan fingerprint density at radius 1 is 0.862 bits per heavy atom. The normalized spacial score (nSPS) is 13.1. The summed E-state index contributed by atoms with van der Waals surface area (Å²) in [7, 11) is 1.29. The lowest BCUT2D eigenvalue weighted by Gasteiger charge is -2.30. The lowest BCUT2D eigenvalue weighted by atomic mass is 10.0. The number of aryl methyl sites for hydroxylation is 1. The number of methoxy groups -OCH3 is 1. The molecule has 5 aromatic rings. The zero-order valence-corrected chi connectivity index (χ0v) is 34.4. The summed E-state index contributed by atoms with van der Waals surface area (Å²) in [5.74, 6) is -1.93. The van der Waals surface area contributed by atoms with E-state index in [4.69, 9.17) is 9.47 Å². The van der Waals surface area contributed by atoms with E-state index in [0.717, 1.165) is 21.6 Å². The quantitative estimate of drug-likeness (QED) is 0.0681. The smallest absolute Gasteiger partial charge is 0.410 e. The molecule has 298 valence electrons. The number of esters is 1. The molecular formula is C45H44N4O7S2. The van der Waals surface area contributed by atoms with Gasteiger partial charge in [0.25, 0.3) is 11.8 Å². The fourth-order valence-corrected chi connectivity index (χ4v) is 8.56. The predicted octanol–water partition coefficient (Wildman–Crippen LogP) is 9.02. The Hall–Kier alpha value is -6.18. The highest BCUT2D eigenvalue weighted by atomic mass is 32.2. The molecule has 1 aromatic heterocycles. The number of carbonyl (C=O) groups is 5. The van der Waals surface area contributed by atoms with Crippen LogP contribution in [0.25, 0.3) is 6.08 Å². The highest BCUT2D eigenvalue weighted by molar-refractivity contribution is 8.00. The second kappa shape index (κ2) is 18.4. The number of nitrogens with zero attached hydrogens (tertiary/aromatic N) is 1. The molecule has 0 saturated carbocycles. The van der Waals surface area contributed by atoms with Crippen LogP contribution in [0.2, 0.25) is 0 Å². The van der Waals surface area contributed by atoms with Crippen molar-refractivity contribution in [1.29, 1.82) is 0 Å². The van der Waals surface area contributed by atoms with E-state index in [1.165, 1.54) is 30.2 Å². The molecule has 0 fully saturated rings. The van der Waals surface area contributed by atoms with Gasteiger partial charge < -0.3 is 30.3 Å². The molecule has 6 rings (SSSR count). The Kier molecular flexibility index (Phi) is 13.1. The van der Waals surface area contributed by atoms with Crippen LogP contribution in [0.15, 0.2) is 120 Å². The zero-order valence-electron chi connectivity index (χ0n) is 32.8. The van der Waals surface area contributed by atoms with Crippen LogP contribution in [-0.4, -0.2) is 53.9 Å². The van der Waals surface area contributed by atoms with E-state index in [0.29, 0.717) is 39.7 Å². The Morgan fingerprint density at radius 2 is 1.57 bits per heavy atom. The maximum absolute atomic E-state index is 14.3. The number of ether oxygens (including phenoxy) is 2. The fraction of sp³-hybridized carbons (Fsp3) is 0.222. The first-order chi connectivity index (χ1) is 27.8. The Labute approximate surface area is 345 Å². The van der Waals surface area contributed by atoms with Crippen molar-refractivity contribution in [3.05, 3.63) is 153 Å². The van der Waals surface area contributed by atoms with Crippen LogP contribution in [-0.2, 0) is 32.0 Å². The standard InChI is InChI=1S/C45H44N4O7S2/c1-28-14-12-15-29(24-28)25-35(47-39(50)31-18-10-7-11-19-31)40(51)46-32-20-13-21-33(26-32)57-38(30-16-8-6-9-17-30)41(52)48-42-37(43(53)55-5)34-22-23-49(27-36(34)58-42)44(54)56-45(2,3)4/h6-21,24-26,38H,22-23,27H2,1-5H3,(H,46,51)(H,47,50)(H,48,52)/b35-25+. The van der Waals surface area contributed by atoms with Gasteiger partial charge in [-0.2, -0.15) is 0 Å². The summed E-state index contributed by atoms with van der Waals surface area (Å²) in [5.41, 5.74) is 3.68. The monoisotopic (exact) mass is 816 g/mol. The minimum atomic E-state index is -0.781. The van der Waals surface area contributed by atoms with Crippen LogP contribution in [0.1, 0.15) is 73.9 Å². The first kappa shape index (κ1) is 41.5. The number of fused-ring (bicyclic) bond motifs is 1. The number of amides is 4. The van der Waals surface area contributed by atoms with E-state index < -0.39 is 34.7 Å². The summed E-state index contributed by atoms with van der Waals surface area (Å²) < 4.78 is 10.7. The summed E-state index contributed by atoms with van der Waals surface area (Å²) in [4.78, 5) is 70.4. The maximum Gasteiger partial charge on any atom is 0.410 e. The number of rotatable bonds is 11. The summed E-state index contributed by atoms with van der Waals surface area (Å²) in [6.45, 7) is 7.92. The highest BCUT2D eigenvalue weighted by Gasteiger charge is 2.34. The highest BCUT2D eigenvalue weighted by Crippen LogP contribution is 2.41. The van der Waals surface area contributed by atoms with Gasteiger partial charge in [0.1, 0.15) is 21.5 Å². The van der Waals surface area contributed by atoms with E-state index in [1.54, 1.807) is 80.3 Å². The van der Waals surface area contributed by atoms with Crippen LogP contribution in [0.5, 0.6) is 0 Å². The average Bonchev–Trinajstić information content (AvgIpc) is 3.56. The van der Waals surface area contributed by atoms with Crippen molar-refractivity contribution >= 4 is 69.6 Å². The number of thiophene rings is 1. The van der Waals surface area contributed by atoms with E-state index in [1.807, 2.05) is 67.6 Å². The van der Waals surface area contributed by atoms with Crippen molar-refractivity contribution in [2.24, 2.45) is 0 Å². The van der Waals surface area contributed by atoms with E-state index in [9.17, 15) is 24.0 Å². The molecule has 1 unspecified atom stereocenters. The van der Waals surface area contributed by atoms with Gasteiger partial charge in [0, 0.05) is 27.6 Å². The number of hydrogen-bond donors (Lipinski definition) is 3. The number of carbonyl (C=O) groups excluding carboxylic acids is 5. The first-order valence-corrected chi connectivity index (χ1v) is 20.3. The third kappa shape index (κ3) is 10.6. The van der Waals surface area contributed by atoms with Crippen molar-refractivity contribution in [2.45, 2.75) is 56.4 Å². The van der Waals surface area contributed by atoms with Gasteiger partial charge in [0.15, 0.2) is 0 Å². The second-order valence-corrected chi connectivity index (χ2v) is 16.8. The molecular weight excluding hydrogens is 773 g/mol. The minimum absolute atomic E-state index is 0.0494. The molecule has 4 aromatic carbocycles. The molecule has 1 atom stereocenters. The molecule has 0 spiro atoms. The summed E-state index contributed by atoms with van der Waals surface area (Å²) in [6, 6.07) is 32.5. The predicted molar refractivity (Wildman–Crippen MR) is 228 cm³/mol. The van der Waals surface area contributed by atoms with Gasteiger partial charge in [-0.15, -0.1) is 23.1 Å². The van der Waals surface area contributed by atoms with Gasteiger partial charge in [-0.25, -0.2) is 9.59 Å². The SMILES string of the molecule is COC(=O)c1c(NC(=O)C(Sc2cccc(NC(=O)/C(=C\c3cccc(C)c3)NC(=O)c3ccccc3)c2)c2ccccc2)sc2c1CCN(C(=O)OC(C)(C)C)C2. The third-order valence-corrected chi connectivity index (χ3v) is 11.3. The second-order valence-electron chi connectivity index (χ2n) is 14.5. The van der Waals surface area contributed by atoms with Crippen LogP contribution in [0.3, 0.4) is 0 Å². The molecule has 11 nitrogen and oxygen atoms in total. The summed E-state index contributed by atoms with van der Waals surface area (Å²) in [6.07, 6.45) is 1.56. The number of anilines is 2. The third-order valence-electron chi connectivity index (χ3n) is 8.90. The van der Waals surface area contributed by atoms with Crippen molar-refractivity contribution in [1.82, 2.24) is 10.2 Å². The molecule has 1 aliphatic rings. The van der Waals surface area contributed by atoms with Gasteiger partial charge in [0.05, 0.1) is 19.2 Å². The molecule has 1 aliphatic heterocycles. The Balaban J connectivity index is 1.24. The van der Waals surface area contributed by atoms with Crippen LogP contribution < -0.4 is 16.0 Å². The average molecular weight is 817 g/mol. The van der Waals surface area contributed by atoms with Gasteiger partial charge >= 0.3 is 12.1 Å². The van der Waals surface area contributed by atoms with Crippen molar-refractivity contribution < 1.29 is 33.4 Å². The molecule has 0 radical (unpaired) electrons. The fourth-order valence-electron chi connectivity index (χ4n) is 6.22.